The van der Waals surface area contributed by atoms with Gasteiger partial charge in [-0.1, -0.05) is 23.9 Å². The van der Waals surface area contributed by atoms with Crippen molar-refractivity contribution in [1.29, 1.82) is 0 Å². The van der Waals surface area contributed by atoms with Crippen molar-refractivity contribution in [2.24, 2.45) is 0 Å². The summed E-state index contributed by atoms with van der Waals surface area (Å²) in [7, 11) is 0. The van der Waals surface area contributed by atoms with Crippen molar-refractivity contribution in [2.75, 3.05) is 12.5 Å². The van der Waals surface area contributed by atoms with Crippen LogP contribution >= 0.6 is 34.7 Å². The van der Waals surface area contributed by atoms with Gasteiger partial charge >= 0.3 is 0 Å². The summed E-state index contributed by atoms with van der Waals surface area (Å²) >= 11 is 8.89. The highest BCUT2D eigenvalue weighted by Crippen LogP contribution is 2.32. The molecule has 0 radical (unpaired) electrons. The van der Waals surface area contributed by atoms with Crippen LogP contribution in [0.3, 0.4) is 0 Å². The van der Waals surface area contributed by atoms with Gasteiger partial charge in [0.05, 0.1) is 16.8 Å². The first-order valence-corrected chi connectivity index (χ1v) is 6.75. The number of alkyl halides is 1. The number of halogens is 1. The van der Waals surface area contributed by atoms with Crippen LogP contribution in [-0.4, -0.2) is 27.8 Å². The molecule has 0 saturated heterocycles. The molecule has 0 bridgehead atoms. The zero-order valence-electron chi connectivity index (χ0n) is 7.89. The van der Waals surface area contributed by atoms with Gasteiger partial charge in [-0.05, 0) is 12.1 Å². The molecule has 5 heteroatoms. The number of hydrogen-bond acceptors (Lipinski definition) is 4. The smallest absolute Gasteiger partial charge is 0.151 e. The lowest BCUT2D eigenvalue weighted by Gasteiger charge is -2.05. The van der Waals surface area contributed by atoms with Gasteiger partial charge in [0.25, 0.3) is 0 Å². The Labute approximate surface area is 101 Å². The Balaban J connectivity index is 2.21. The van der Waals surface area contributed by atoms with E-state index in [1.807, 2.05) is 24.3 Å². The Morgan fingerprint density at radius 1 is 1.47 bits per heavy atom. The number of rotatable bonds is 4. The summed E-state index contributed by atoms with van der Waals surface area (Å²) in [4.78, 5) is 4.46. The first kappa shape index (κ1) is 11.2. The van der Waals surface area contributed by atoms with E-state index >= 15 is 0 Å². The number of aromatic nitrogens is 1. The van der Waals surface area contributed by atoms with E-state index in [-0.39, 0.29) is 11.9 Å². The summed E-state index contributed by atoms with van der Waals surface area (Å²) in [5.74, 6) is 0.442. The molecule has 0 aliphatic carbocycles. The van der Waals surface area contributed by atoms with E-state index in [9.17, 15) is 0 Å². The van der Waals surface area contributed by atoms with Crippen molar-refractivity contribution >= 4 is 44.9 Å². The van der Waals surface area contributed by atoms with Crippen LogP contribution in [-0.2, 0) is 0 Å². The average molecular weight is 260 g/mol. The summed E-state index contributed by atoms with van der Waals surface area (Å²) in [6.45, 7) is 0.0874. The first-order valence-electron chi connectivity index (χ1n) is 4.52. The maximum Gasteiger partial charge on any atom is 0.151 e. The lowest BCUT2D eigenvalue weighted by atomic mass is 10.3. The largest absolute Gasteiger partial charge is 0.395 e. The Morgan fingerprint density at radius 3 is 2.93 bits per heavy atom. The lowest BCUT2D eigenvalue weighted by Crippen LogP contribution is -2.09. The third-order valence-corrected chi connectivity index (χ3v) is 4.78. The molecule has 2 rings (SSSR count). The zero-order valence-corrected chi connectivity index (χ0v) is 10.3. The van der Waals surface area contributed by atoms with E-state index in [0.717, 1.165) is 9.86 Å². The molecule has 0 aliphatic rings. The molecule has 15 heavy (non-hydrogen) atoms. The van der Waals surface area contributed by atoms with Gasteiger partial charge in [0.15, 0.2) is 4.34 Å². The van der Waals surface area contributed by atoms with Crippen LogP contribution in [0.4, 0.5) is 0 Å². The van der Waals surface area contributed by atoms with Crippen molar-refractivity contribution in [3.63, 3.8) is 0 Å². The number of benzene rings is 1. The number of para-hydroxylation sites is 1. The van der Waals surface area contributed by atoms with Gasteiger partial charge in [-0.15, -0.1) is 22.9 Å². The van der Waals surface area contributed by atoms with Gasteiger partial charge in [-0.25, -0.2) is 4.98 Å². The van der Waals surface area contributed by atoms with Crippen LogP contribution in [0, 0.1) is 0 Å². The van der Waals surface area contributed by atoms with E-state index < -0.39 is 0 Å². The first-order chi connectivity index (χ1) is 7.33. The number of hydrogen-bond donors (Lipinski definition) is 1. The summed E-state index contributed by atoms with van der Waals surface area (Å²) in [6, 6.07) is 8.01. The monoisotopic (exact) mass is 259 g/mol. The highest BCUT2D eigenvalue weighted by atomic mass is 35.5. The molecule has 1 aromatic heterocycles. The van der Waals surface area contributed by atoms with Gasteiger partial charge in [0.2, 0.25) is 0 Å². The van der Waals surface area contributed by atoms with Crippen LogP contribution in [0.1, 0.15) is 0 Å². The molecule has 0 spiro atoms. The topological polar surface area (TPSA) is 33.1 Å². The molecule has 0 amide bonds. The van der Waals surface area contributed by atoms with Crippen molar-refractivity contribution in [3.8, 4) is 0 Å². The summed E-state index contributed by atoms with van der Waals surface area (Å²) in [5, 5.41) is 9.07. The second-order valence-corrected chi connectivity index (χ2v) is 5.91. The second-order valence-electron chi connectivity index (χ2n) is 3.02. The molecule has 1 N–H and O–H groups in total. The Kier molecular flexibility index (Phi) is 3.86. The van der Waals surface area contributed by atoms with Gasteiger partial charge in [0.1, 0.15) is 0 Å². The highest BCUT2D eigenvalue weighted by molar-refractivity contribution is 8.01. The van der Waals surface area contributed by atoms with Gasteiger partial charge in [-0.2, -0.15) is 0 Å². The minimum absolute atomic E-state index is 0.0345. The fraction of sp³-hybridized carbons (Fsp3) is 0.300. The molecule has 1 aromatic carbocycles. The number of aliphatic hydroxyl groups is 1. The van der Waals surface area contributed by atoms with E-state index in [0.29, 0.717) is 5.88 Å². The molecule has 2 aromatic rings. The fourth-order valence-corrected chi connectivity index (χ4v) is 3.59. The zero-order chi connectivity index (χ0) is 10.7. The quantitative estimate of drug-likeness (QED) is 0.677. The van der Waals surface area contributed by atoms with Crippen molar-refractivity contribution < 1.29 is 5.11 Å². The van der Waals surface area contributed by atoms with Crippen LogP contribution in [0.5, 0.6) is 0 Å². The van der Waals surface area contributed by atoms with E-state index in [1.54, 1.807) is 11.3 Å². The van der Waals surface area contributed by atoms with Gasteiger partial charge in [-0.3, -0.25) is 0 Å². The molecular formula is C10H10ClNOS2. The molecule has 2 nitrogen and oxygen atoms in total. The van der Waals surface area contributed by atoms with Gasteiger partial charge < -0.3 is 5.11 Å². The molecule has 1 unspecified atom stereocenters. The van der Waals surface area contributed by atoms with Crippen LogP contribution in [0.25, 0.3) is 10.2 Å². The molecule has 0 fully saturated rings. The Bertz CT molecular complexity index is 409. The minimum Gasteiger partial charge on any atom is -0.395 e. The molecule has 0 saturated carbocycles. The summed E-state index contributed by atoms with van der Waals surface area (Å²) in [5.41, 5.74) is 1.01. The minimum atomic E-state index is 0.0345. The molecule has 1 heterocycles. The predicted molar refractivity (Wildman–Crippen MR) is 67.1 cm³/mol. The molecule has 0 aliphatic heterocycles. The lowest BCUT2D eigenvalue weighted by molar-refractivity contribution is 0.301. The van der Waals surface area contributed by atoms with E-state index in [4.69, 9.17) is 16.7 Å². The number of thioether (sulfide) groups is 1. The highest BCUT2D eigenvalue weighted by Gasteiger charge is 2.11. The summed E-state index contributed by atoms with van der Waals surface area (Å²) in [6.07, 6.45) is 0. The fourth-order valence-electron chi connectivity index (χ4n) is 1.16. The van der Waals surface area contributed by atoms with Crippen molar-refractivity contribution in [2.45, 2.75) is 9.59 Å². The maximum atomic E-state index is 9.03. The van der Waals surface area contributed by atoms with Crippen LogP contribution in [0.2, 0.25) is 0 Å². The molecular weight excluding hydrogens is 250 g/mol. The number of nitrogens with zero attached hydrogens (tertiary/aromatic N) is 1. The number of fused-ring (bicyclic) bond motifs is 1. The SMILES string of the molecule is OCC(CCl)Sc1nc2ccccc2s1. The van der Waals surface area contributed by atoms with E-state index in [2.05, 4.69) is 4.98 Å². The molecule has 1 atom stereocenters. The molecule has 80 valence electrons. The average Bonchev–Trinajstić information content (AvgIpc) is 2.68. The van der Waals surface area contributed by atoms with Crippen LogP contribution < -0.4 is 0 Å². The standard InChI is InChI=1S/C10H10ClNOS2/c11-5-7(6-13)14-10-12-8-3-1-2-4-9(8)15-10/h1-4,7,13H,5-6H2. The third kappa shape index (κ3) is 2.64. The van der Waals surface area contributed by atoms with E-state index in [1.165, 1.54) is 16.5 Å². The Hall–Kier alpha value is -0.290. The van der Waals surface area contributed by atoms with Crippen molar-refractivity contribution in [3.05, 3.63) is 24.3 Å². The van der Waals surface area contributed by atoms with Crippen LogP contribution in [0.15, 0.2) is 28.6 Å². The summed E-state index contributed by atoms with van der Waals surface area (Å²) < 4.78 is 2.14. The van der Waals surface area contributed by atoms with Gasteiger partial charge in [0, 0.05) is 11.1 Å². The second kappa shape index (κ2) is 5.16. The Morgan fingerprint density at radius 2 is 2.27 bits per heavy atom. The normalized spacial score (nSPS) is 13.2. The maximum absolute atomic E-state index is 9.03. The number of thiazole rings is 1. The van der Waals surface area contributed by atoms with Crippen molar-refractivity contribution in [1.82, 2.24) is 4.98 Å². The third-order valence-electron chi connectivity index (χ3n) is 1.92. The number of aliphatic hydroxyl groups excluding tert-OH is 1. The predicted octanol–water partition coefficient (Wildman–Crippen LogP) is 2.99.